The van der Waals surface area contributed by atoms with Crippen LogP contribution in [-0.4, -0.2) is 20.5 Å². The molecule has 3 aromatic carbocycles. The number of anilines is 1. The van der Waals surface area contributed by atoms with Gasteiger partial charge in [0.2, 0.25) is 0 Å². The molecule has 29 heavy (non-hydrogen) atoms. The summed E-state index contributed by atoms with van der Waals surface area (Å²) in [5.74, 6) is -0.357. The fourth-order valence-electron chi connectivity index (χ4n) is 3.44. The number of nitrogens with one attached hydrogen (secondary N) is 1. The van der Waals surface area contributed by atoms with Crippen molar-refractivity contribution < 1.29 is 9.18 Å². The molecule has 1 amide bonds. The van der Waals surface area contributed by atoms with Crippen molar-refractivity contribution in [3.8, 4) is 11.4 Å². The van der Waals surface area contributed by atoms with Crippen LogP contribution < -0.4 is 5.32 Å². The highest BCUT2D eigenvalue weighted by molar-refractivity contribution is 6.11. The van der Waals surface area contributed by atoms with Crippen molar-refractivity contribution in [2.75, 3.05) is 5.32 Å². The van der Waals surface area contributed by atoms with Crippen LogP contribution in [0.15, 0.2) is 85.1 Å². The number of fused-ring (bicyclic) bond motifs is 2. The normalized spacial score (nSPS) is 11.1. The minimum Gasteiger partial charge on any atom is -0.321 e. The Labute approximate surface area is 165 Å². The van der Waals surface area contributed by atoms with Gasteiger partial charge in [-0.25, -0.2) is 4.39 Å². The molecule has 0 unspecified atom stereocenters. The highest BCUT2D eigenvalue weighted by Gasteiger charge is 2.18. The van der Waals surface area contributed by atoms with Crippen LogP contribution in [0.2, 0.25) is 0 Å². The van der Waals surface area contributed by atoms with Gasteiger partial charge in [-0.05, 0) is 35.7 Å². The molecule has 0 atom stereocenters. The van der Waals surface area contributed by atoms with Crippen molar-refractivity contribution >= 4 is 28.0 Å². The Morgan fingerprint density at radius 1 is 0.862 bits per heavy atom. The topological polar surface area (TPSA) is 59.3 Å². The average Bonchev–Trinajstić information content (AvgIpc) is 3.18. The molecule has 0 radical (unpaired) electrons. The van der Waals surface area contributed by atoms with Crippen molar-refractivity contribution in [2.24, 2.45) is 0 Å². The molecule has 0 fully saturated rings. The fourth-order valence-corrected chi connectivity index (χ4v) is 3.44. The van der Waals surface area contributed by atoms with E-state index in [1.807, 2.05) is 42.5 Å². The second kappa shape index (κ2) is 6.83. The second-order valence-electron chi connectivity index (χ2n) is 6.60. The van der Waals surface area contributed by atoms with Gasteiger partial charge in [0.15, 0.2) is 11.5 Å². The number of aromatic nitrogens is 3. The molecule has 6 heteroatoms. The Morgan fingerprint density at radius 2 is 1.66 bits per heavy atom. The Kier molecular flexibility index (Phi) is 4.02. The van der Waals surface area contributed by atoms with Crippen LogP contribution in [0.4, 0.5) is 10.1 Å². The second-order valence-corrected chi connectivity index (χ2v) is 6.60. The molecule has 0 bridgehead atoms. The smallest absolute Gasteiger partial charge is 0.259 e. The number of hydrogen-bond acceptors (Lipinski definition) is 3. The third-order valence-electron chi connectivity index (χ3n) is 4.83. The number of halogens is 1. The van der Waals surface area contributed by atoms with E-state index in [1.54, 1.807) is 40.9 Å². The quantitative estimate of drug-likeness (QED) is 0.481. The molecule has 0 saturated heterocycles. The Bertz CT molecular complexity index is 1370. The molecule has 0 spiro atoms. The first kappa shape index (κ1) is 17.1. The van der Waals surface area contributed by atoms with Crippen molar-refractivity contribution in [1.29, 1.82) is 0 Å². The number of nitrogens with zero attached hydrogens (tertiary/aromatic N) is 3. The minimum absolute atomic E-state index is 0.306. The molecule has 0 aliphatic heterocycles. The van der Waals surface area contributed by atoms with Crippen LogP contribution in [-0.2, 0) is 0 Å². The molecule has 140 valence electrons. The molecular formula is C23H15FN4O. The zero-order valence-corrected chi connectivity index (χ0v) is 15.2. The summed E-state index contributed by atoms with van der Waals surface area (Å²) in [5, 5.41) is 13.2. The number of carbonyl (C=O) groups is 1. The minimum atomic E-state index is -0.396. The van der Waals surface area contributed by atoms with Crippen LogP contribution in [0.5, 0.6) is 0 Å². The molecule has 0 aliphatic carbocycles. The third-order valence-corrected chi connectivity index (χ3v) is 4.83. The van der Waals surface area contributed by atoms with E-state index >= 15 is 0 Å². The van der Waals surface area contributed by atoms with Crippen LogP contribution in [0, 0.1) is 5.82 Å². The Morgan fingerprint density at radius 3 is 2.55 bits per heavy atom. The van der Waals surface area contributed by atoms with Gasteiger partial charge in [0, 0.05) is 17.3 Å². The van der Waals surface area contributed by atoms with Gasteiger partial charge in [-0.15, -0.1) is 10.2 Å². The summed E-state index contributed by atoms with van der Waals surface area (Å²) >= 11 is 0. The fraction of sp³-hybridized carbons (Fsp3) is 0. The van der Waals surface area contributed by atoms with Crippen molar-refractivity contribution in [3.63, 3.8) is 0 Å². The molecule has 5 rings (SSSR count). The summed E-state index contributed by atoms with van der Waals surface area (Å²) < 4.78 is 15.8. The molecule has 0 aliphatic rings. The van der Waals surface area contributed by atoms with E-state index in [2.05, 4.69) is 15.5 Å². The standard InChI is InChI=1S/C23H15FN4O/c24-19-12-4-3-10-17(19)21-26-27-22-18(11-6-14-28(21)22)23(29)25-20-13-5-8-15-7-1-2-9-16(15)20/h1-14H,(H,25,29). The number of carbonyl (C=O) groups excluding carboxylic acids is 1. The SMILES string of the molecule is O=C(Nc1cccc2ccccc12)c1cccn2c(-c3ccccc3F)nnc12. The lowest BCUT2D eigenvalue weighted by Gasteiger charge is -2.09. The monoisotopic (exact) mass is 382 g/mol. The molecular weight excluding hydrogens is 367 g/mol. The number of hydrogen-bond donors (Lipinski definition) is 1. The molecule has 5 aromatic rings. The van der Waals surface area contributed by atoms with Crippen LogP contribution in [0.3, 0.4) is 0 Å². The van der Waals surface area contributed by atoms with Crippen LogP contribution in [0.25, 0.3) is 27.8 Å². The summed E-state index contributed by atoms with van der Waals surface area (Å²) in [6.07, 6.45) is 1.71. The maximum Gasteiger partial charge on any atom is 0.259 e. The summed E-state index contributed by atoms with van der Waals surface area (Å²) in [7, 11) is 0. The number of amides is 1. The van der Waals surface area contributed by atoms with Crippen LogP contribution in [0.1, 0.15) is 10.4 Å². The number of pyridine rings is 1. The molecule has 2 aromatic heterocycles. The van der Waals surface area contributed by atoms with E-state index in [-0.39, 0.29) is 5.91 Å². The van der Waals surface area contributed by atoms with E-state index < -0.39 is 5.82 Å². The maximum atomic E-state index is 14.2. The first-order valence-electron chi connectivity index (χ1n) is 9.10. The van der Waals surface area contributed by atoms with E-state index in [4.69, 9.17) is 0 Å². The molecule has 2 heterocycles. The maximum absolute atomic E-state index is 14.2. The highest BCUT2D eigenvalue weighted by atomic mass is 19.1. The summed E-state index contributed by atoms with van der Waals surface area (Å²) in [4.78, 5) is 13.0. The van der Waals surface area contributed by atoms with Gasteiger partial charge >= 0.3 is 0 Å². The predicted octanol–water partition coefficient (Wildman–Crippen LogP) is 4.94. The summed E-state index contributed by atoms with van der Waals surface area (Å²) in [5.41, 5.74) is 1.76. The van der Waals surface area contributed by atoms with Gasteiger partial charge in [-0.3, -0.25) is 9.20 Å². The zero-order valence-electron chi connectivity index (χ0n) is 15.2. The lowest BCUT2D eigenvalue weighted by Crippen LogP contribution is -2.13. The van der Waals surface area contributed by atoms with Gasteiger partial charge in [0.25, 0.3) is 5.91 Å². The average molecular weight is 382 g/mol. The van der Waals surface area contributed by atoms with E-state index in [0.717, 1.165) is 10.8 Å². The van der Waals surface area contributed by atoms with E-state index in [1.165, 1.54) is 6.07 Å². The van der Waals surface area contributed by atoms with Gasteiger partial charge in [0.1, 0.15) is 5.82 Å². The first-order chi connectivity index (χ1) is 14.2. The Balaban J connectivity index is 1.57. The van der Waals surface area contributed by atoms with Gasteiger partial charge in [-0.1, -0.05) is 48.5 Å². The highest BCUT2D eigenvalue weighted by Crippen LogP contribution is 2.25. The van der Waals surface area contributed by atoms with E-state index in [9.17, 15) is 9.18 Å². The molecule has 1 N–H and O–H groups in total. The van der Waals surface area contributed by atoms with Gasteiger partial charge < -0.3 is 5.32 Å². The lowest BCUT2D eigenvalue weighted by molar-refractivity contribution is 0.102. The largest absolute Gasteiger partial charge is 0.321 e. The van der Waals surface area contributed by atoms with E-state index in [0.29, 0.717) is 28.3 Å². The lowest BCUT2D eigenvalue weighted by atomic mass is 10.1. The Hall–Kier alpha value is -4.06. The zero-order chi connectivity index (χ0) is 19.8. The first-order valence-corrected chi connectivity index (χ1v) is 9.10. The molecule has 5 nitrogen and oxygen atoms in total. The summed E-state index contributed by atoms with van der Waals surface area (Å²) in [6, 6.07) is 23.3. The van der Waals surface area contributed by atoms with Crippen LogP contribution >= 0.6 is 0 Å². The number of benzene rings is 3. The predicted molar refractivity (Wildman–Crippen MR) is 110 cm³/mol. The van der Waals surface area contributed by atoms with Gasteiger partial charge in [-0.2, -0.15) is 0 Å². The van der Waals surface area contributed by atoms with Crippen molar-refractivity contribution in [1.82, 2.24) is 14.6 Å². The number of rotatable bonds is 3. The van der Waals surface area contributed by atoms with Gasteiger partial charge in [0.05, 0.1) is 11.1 Å². The van der Waals surface area contributed by atoms with Crippen molar-refractivity contribution in [3.05, 3.63) is 96.4 Å². The summed E-state index contributed by atoms with van der Waals surface area (Å²) in [6.45, 7) is 0. The van der Waals surface area contributed by atoms with Crippen molar-refractivity contribution in [2.45, 2.75) is 0 Å². The molecule has 0 saturated carbocycles. The third kappa shape index (κ3) is 2.91.